The van der Waals surface area contributed by atoms with Crippen molar-refractivity contribution in [2.24, 2.45) is 11.5 Å². The van der Waals surface area contributed by atoms with Gasteiger partial charge in [0.15, 0.2) is 0 Å². The van der Waals surface area contributed by atoms with E-state index < -0.39 is 37.0 Å². The highest BCUT2D eigenvalue weighted by atomic mass is 19.4. The lowest BCUT2D eigenvalue weighted by atomic mass is 10.2. The maximum atomic E-state index is 12.2. The zero-order valence-electron chi connectivity index (χ0n) is 9.46. The van der Waals surface area contributed by atoms with Gasteiger partial charge in [-0.15, -0.1) is 0 Å². The van der Waals surface area contributed by atoms with Crippen molar-refractivity contribution in [1.82, 2.24) is 4.90 Å². The van der Waals surface area contributed by atoms with Gasteiger partial charge in [-0.2, -0.15) is 13.2 Å². The van der Waals surface area contributed by atoms with E-state index in [1.54, 1.807) is 6.92 Å². The average Bonchev–Trinajstić information content (AvgIpc) is 2.12. The van der Waals surface area contributed by atoms with Crippen LogP contribution in [0.3, 0.4) is 0 Å². The standard InChI is InChI=1S/C9H16F3N3O2/c1-2-3-15(5-9(10,11)12)8(17)6(13)4-7(14)16/h6H,2-5,13H2,1H3,(H2,14,16). The molecule has 0 rings (SSSR count). The van der Waals surface area contributed by atoms with E-state index in [1.165, 1.54) is 0 Å². The molecule has 4 N–H and O–H groups in total. The van der Waals surface area contributed by atoms with Crippen molar-refractivity contribution < 1.29 is 22.8 Å². The van der Waals surface area contributed by atoms with Gasteiger partial charge in [0, 0.05) is 6.54 Å². The van der Waals surface area contributed by atoms with Crippen LogP contribution in [0.15, 0.2) is 0 Å². The Kier molecular flexibility index (Phi) is 5.94. The first-order valence-electron chi connectivity index (χ1n) is 5.06. The van der Waals surface area contributed by atoms with E-state index in [-0.39, 0.29) is 6.54 Å². The highest BCUT2D eigenvalue weighted by molar-refractivity contribution is 5.87. The molecule has 0 fully saturated rings. The van der Waals surface area contributed by atoms with Crippen LogP contribution in [0, 0.1) is 0 Å². The highest BCUT2D eigenvalue weighted by Crippen LogP contribution is 2.17. The third kappa shape index (κ3) is 6.77. The largest absolute Gasteiger partial charge is 0.406 e. The van der Waals surface area contributed by atoms with Crippen molar-refractivity contribution in [2.75, 3.05) is 13.1 Å². The molecule has 5 nitrogen and oxygen atoms in total. The van der Waals surface area contributed by atoms with E-state index in [9.17, 15) is 22.8 Å². The van der Waals surface area contributed by atoms with Crippen LogP contribution in [-0.2, 0) is 9.59 Å². The van der Waals surface area contributed by atoms with Gasteiger partial charge in [-0.3, -0.25) is 9.59 Å². The minimum Gasteiger partial charge on any atom is -0.370 e. The monoisotopic (exact) mass is 255 g/mol. The molecule has 0 heterocycles. The van der Waals surface area contributed by atoms with Crippen LogP contribution in [0.4, 0.5) is 13.2 Å². The molecular weight excluding hydrogens is 239 g/mol. The summed E-state index contributed by atoms with van der Waals surface area (Å²) in [7, 11) is 0. The number of primary amides is 1. The maximum absolute atomic E-state index is 12.2. The Balaban J connectivity index is 4.58. The number of halogens is 3. The topological polar surface area (TPSA) is 89.4 Å². The molecule has 0 aliphatic heterocycles. The van der Waals surface area contributed by atoms with Gasteiger partial charge in [0.25, 0.3) is 0 Å². The SMILES string of the molecule is CCCN(CC(F)(F)F)C(=O)C(N)CC(N)=O. The summed E-state index contributed by atoms with van der Waals surface area (Å²) in [6.45, 7) is 0.202. The number of carbonyl (C=O) groups excluding carboxylic acids is 2. The van der Waals surface area contributed by atoms with Gasteiger partial charge in [0.1, 0.15) is 6.54 Å². The quantitative estimate of drug-likeness (QED) is 0.699. The Morgan fingerprint density at radius 3 is 2.24 bits per heavy atom. The fourth-order valence-electron chi connectivity index (χ4n) is 1.29. The number of amides is 2. The number of nitrogens with two attached hydrogens (primary N) is 2. The van der Waals surface area contributed by atoms with E-state index in [1.807, 2.05) is 0 Å². The minimum absolute atomic E-state index is 0.0647. The van der Waals surface area contributed by atoms with Crippen LogP contribution in [0.5, 0.6) is 0 Å². The molecule has 0 aliphatic rings. The summed E-state index contributed by atoms with van der Waals surface area (Å²) in [5.41, 5.74) is 10.1. The molecular formula is C9H16F3N3O2. The van der Waals surface area contributed by atoms with Gasteiger partial charge in [-0.25, -0.2) is 0 Å². The molecule has 0 bridgehead atoms. The van der Waals surface area contributed by atoms with Crippen LogP contribution in [0.25, 0.3) is 0 Å². The Morgan fingerprint density at radius 1 is 1.35 bits per heavy atom. The number of alkyl halides is 3. The molecule has 0 radical (unpaired) electrons. The second kappa shape index (κ2) is 6.43. The van der Waals surface area contributed by atoms with Crippen molar-refractivity contribution >= 4 is 11.8 Å². The molecule has 0 saturated carbocycles. The Labute approximate surface area is 96.9 Å². The Morgan fingerprint density at radius 2 is 1.88 bits per heavy atom. The van der Waals surface area contributed by atoms with Crippen molar-refractivity contribution in [3.05, 3.63) is 0 Å². The lowest BCUT2D eigenvalue weighted by Crippen LogP contribution is -2.48. The van der Waals surface area contributed by atoms with Gasteiger partial charge >= 0.3 is 6.18 Å². The highest BCUT2D eigenvalue weighted by Gasteiger charge is 2.34. The third-order valence-corrected chi connectivity index (χ3v) is 1.91. The summed E-state index contributed by atoms with van der Waals surface area (Å²) in [6.07, 6.45) is -4.58. The minimum atomic E-state index is -4.49. The molecule has 1 atom stereocenters. The predicted octanol–water partition coefficient (Wildman–Crippen LogP) is -0.0100. The van der Waals surface area contributed by atoms with Crippen molar-refractivity contribution in [2.45, 2.75) is 32.0 Å². The number of hydrogen-bond acceptors (Lipinski definition) is 3. The van der Waals surface area contributed by atoms with Crippen molar-refractivity contribution in [3.8, 4) is 0 Å². The van der Waals surface area contributed by atoms with E-state index in [2.05, 4.69) is 0 Å². The molecule has 0 aromatic rings. The van der Waals surface area contributed by atoms with Crippen LogP contribution in [-0.4, -0.2) is 42.0 Å². The van der Waals surface area contributed by atoms with Crippen molar-refractivity contribution in [3.63, 3.8) is 0 Å². The number of hydrogen-bond donors (Lipinski definition) is 2. The lowest BCUT2D eigenvalue weighted by Gasteiger charge is -2.25. The summed E-state index contributed by atoms with van der Waals surface area (Å²) < 4.78 is 36.6. The zero-order valence-corrected chi connectivity index (χ0v) is 9.46. The smallest absolute Gasteiger partial charge is 0.370 e. The van der Waals surface area contributed by atoms with E-state index >= 15 is 0 Å². The summed E-state index contributed by atoms with van der Waals surface area (Å²) in [4.78, 5) is 22.7. The summed E-state index contributed by atoms with van der Waals surface area (Å²) in [6, 6.07) is -1.32. The normalized spacial score (nSPS) is 13.2. The van der Waals surface area contributed by atoms with Crippen LogP contribution >= 0.6 is 0 Å². The summed E-state index contributed by atoms with van der Waals surface area (Å²) in [5, 5.41) is 0. The predicted molar refractivity (Wildman–Crippen MR) is 54.7 cm³/mol. The van der Waals surface area contributed by atoms with Crippen LogP contribution in [0.2, 0.25) is 0 Å². The van der Waals surface area contributed by atoms with Crippen LogP contribution < -0.4 is 11.5 Å². The molecule has 100 valence electrons. The average molecular weight is 255 g/mol. The zero-order chi connectivity index (χ0) is 13.6. The fraction of sp³-hybridized carbons (Fsp3) is 0.778. The molecule has 0 aromatic carbocycles. The Hall–Kier alpha value is -1.31. The third-order valence-electron chi connectivity index (χ3n) is 1.91. The molecule has 1 unspecified atom stereocenters. The number of rotatable bonds is 6. The van der Waals surface area contributed by atoms with E-state index in [0.717, 1.165) is 0 Å². The molecule has 8 heteroatoms. The first-order chi connectivity index (χ1) is 7.67. The van der Waals surface area contributed by atoms with E-state index in [4.69, 9.17) is 11.5 Å². The molecule has 0 aromatic heterocycles. The molecule has 0 saturated heterocycles. The van der Waals surface area contributed by atoms with E-state index in [0.29, 0.717) is 11.3 Å². The first kappa shape index (κ1) is 15.7. The van der Waals surface area contributed by atoms with Gasteiger partial charge in [-0.1, -0.05) is 6.92 Å². The van der Waals surface area contributed by atoms with Crippen molar-refractivity contribution in [1.29, 1.82) is 0 Å². The van der Waals surface area contributed by atoms with Gasteiger partial charge in [-0.05, 0) is 6.42 Å². The lowest BCUT2D eigenvalue weighted by molar-refractivity contribution is -0.162. The summed E-state index contributed by atoms with van der Waals surface area (Å²) in [5.74, 6) is -1.74. The summed E-state index contributed by atoms with van der Waals surface area (Å²) >= 11 is 0. The van der Waals surface area contributed by atoms with Crippen LogP contribution in [0.1, 0.15) is 19.8 Å². The molecule has 17 heavy (non-hydrogen) atoms. The second-order valence-electron chi connectivity index (χ2n) is 3.65. The molecule has 0 spiro atoms. The first-order valence-corrected chi connectivity index (χ1v) is 5.06. The maximum Gasteiger partial charge on any atom is 0.406 e. The number of carbonyl (C=O) groups is 2. The fourth-order valence-corrected chi connectivity index (χ4v) is 1.29. The molecule has 0 aliphatic carbocycles. The van der Waals surface area contributed by atoms with Gasteiger partial charge in [0.2, 0.25) is 11.8 Å². The molecule has 2 amide bonds. The number of nitrogens with zero attached hydrogens (tertiary/aromatic N) is 1. The Bertz CT molecular complexity index is 281. The van der Waals surface area contributed by atoms with Gasteiger partial charge < -0.3 is 16.4 Å². The second-order valence-corrected chi connectivity index (χ2v) is 3.65. The van der Waals surface area contributed by atoms with Gasteiger partial charge in [0.05, 0.1) is 12.5 Å².